The molecule has 1 fully saturated rings. The Hall–Kier alpha value is -2.71. The van der Waals surface area contributed by atoms with Crippen LogP contribution in [0, 0.1) is 0 Å². The van der Waals surface area contributed by atoms with E-state index in [9.17, 15) is 13.2 Å². The smallest absolute Gasteiger partial charge is 0.253 e. The Morgan fingerprint density at radius 1 is 1.13 bits per heavy atom. The van der Waals surface area contributed by atoms with Crippen molar-refractivity contribution in [2.24, 2.45) is 0 Å². The van der Waals surface area contributed by atoms with Gasteiger partial charge in [-0.3, -0.25) is 4.79 Å². The molecule has 1 amide bonds. The second-order valence-corrected chi connectivity index (χ2v) is 10.2. The van der Waals surface area contributed by atoms with E-state index < -0.39 is 10.0 Å². The lowest BCUT2D eigenvalue weighted by molar-refractivity contribution is 0.0706. The highest BCUT2D eigenvalue weighted by Gasteiger charge is 2.29. The number of rotatable bonds is 5. The Morgan fingerprint density at radius 3 is 2.52 bits per heavy atom. The van der Waals surface area contributed by atoms with Gasteiger partial charge in [-0.2, -0.15) is 4.31 Å². The number of piperidine rings is 1. The third-order valence-corrected chi connectivity index (χ3v) is 7.96. The number of aromatic nitrogens is 1. The highest BCUT2D eigenvalue weighted by molar-refractivity contribution is 7.89. The molecule has 2 heterocycles. The van der Waals surface area contributed by atoms with Gasteiger partial charge in [-0.15, -0.1) is 0 Å². The van der Waals surface area contributed by atoms with Crippen LogP contribution in [-0.2, 0) is 10.0 Å². The molecule has 0 aliphatic carbocycles. The van der Waals surface area contributed by atoms with Crippen LogP contribution in [0.4, 0.5) is 0 Å². The lowest BCUT2D eigenvalue weighted by atomic mass is 9.96. The van der Waals surface area contributed by atoms with Crippen molar-refractivity contribution in [3.63, 3.8) is 0 Å². The van der Waals surface area contributed by atoms with Crippen molar-refractivity contribution in [2.75, 3.05) is 20.1 Å². The minimum Gasteiger partial charge on any atom is -0.440 e. The second-order valence-electron chi connectivity index (χ2n) is 8.23. The number of hydrogen-bond donors (Lipinski definition) is 0. The molecule has 8 heteroatoms. The predicted molar refractivity (Wildman–Crippen MR) is 118 cm³/mol. The number of para-hydroxylation sites is 2. The molecule has 0 spiro atoms. The molecule has 3 aromatic rings. The number of amides is 1. The van der Waals surface area contributed by atoms with Crippen molar-refractivity contribution >= 4 is 27.0 Å². The third-order valence-electron chi connectivity index (χ3n) is 5.93. The van der Waals surface area contributed by atoms with Gasteiger partial charge in [0.25, 0.3) is 5.91 Å². The van der Waals surface area contributed by atoms with E-state index in [1.54, 1.807) is 24.1 Å². The summed E-state index contributed by atoms with van der Waals surface area (Å²) in [5.41, 5.74) is 2.01. The molecule has 4 rings (SSSR count). The van der Waals surface area contributed by atoms with E-state index in [0.717, 1.165) is 29.8 Å². The first kappa shape index (κ1) is 21.5. The summed E-state index contributed by atoms with van der Waals surface area (Å²) in [6.07, 6.45) is 1.51. The van der Waals surface area contributed by atoms with Crippen molar-refractivity contribution in [1.29, 1.82) is 0 Å². The van der Waals surface area contributed by atoms with E-state index in [2.05, 4.69) is 4.98 Å². The van der Waals surface area contributed by atoms with Crippen LogP contribution in [0.5, 0.6) is 0 Å². The summed E-state index contributed by atoms with van der Waals surface area (Å²) in [4.78, 5) is 19.5. The fourth-order valence-corrected chi connectivity index (χ4v) is 5.22. The number of carbonyl (C=O) groups excluding carboxylic acids is 1. The molecule has 7 nitrogen and oxygen atoms in total. The number of benzene rings is 2. The van der Waals surface area contributed by atoms with Crippen LogP contribution in [0.25, 0.3) is 11.1 Å². The van der Waals surface area contributed by atoms with Gasteiger partial charge in [0, 0.05) is 37.7 Å². The summed E-state index contributed by atoms with van der Waals surface area (Å²) in [5.74, 6) is 0.737. The van der Waals surface area contributed by atoms with Gasteiger partial charge >= 0.3 is 0 Å². The van der Waals surface area contributed by atoms with Gasteiger partial charge in [-0.1, -0.05) is 18.2 Å². The van der Waals surface area contributed by atoms with Crippen molar-refractivity contribution in [2.45, 2.75) is 43.5 Å². The zero-order valence-corrected chi connectivity index (χ0v) is 18.8. The van der Waals surface area contributed by atoms with Gasteiger partial charge in [0.15, 0.2) is 11.5 Å². The zero-order chi connectivity index (χ0) is 22.2. The molecule has 0 unspecified atom stereocenters. The predicted octanol–water partition coefficient (Wildman–Crippen LogP) is 3.88. The number of sulfonamides is 1. The zero-order valence-electron chi connectivity index (χ0n) is 18.0. The van der Waals surface area contributed by atoms with Gasteiger partial charge in [0.2, 0.25) is 10.0 Å². The maximum atomic E-state index is 13.0. The minimum atomic E-state index is -3.64. The molecule has 0 bridgehead atoms. The average molecular weight is 442 g/mol. The summed E-state index contributed by atoms with van der Waals surface area (Å²) >= 11 is 0. The Kier molecular flexibility index (Phi) is 5.85. The molecular weight excluding hydrogens is 414 g/mol. The molecule has 31 heavy (non-hydrogen) atoms. The van der Waals surface area contributed by atoms with Crippen LogP contribution in [0.1, 0.15) is 48.9 Å². The molecule has 164 valence electrons. The standard InChI is InChI=1S/C23H27N3O4S/c1-16(2)25(3)31(28,29)19-8-6-7-18(15-19)23(27)26-13-11-17(12-14-26)22-24-20-9-4-5-10-21(20)30-22/h4-10,15-17H,11-14H2,1-3H3. The van der Waals surface area contributed by atoms with Crippen LogP contribution in [-0.4, -0.2) is 54.7 Å². The van der Waals surface area contributed by atoms with Gasteiger partial charge in [-0.25, -0.2) is 13.4 Å². The molecular formula is C23H27N3O4S. The summed E-state index contributed by atoms with van der Waals surface area (Å²) in [6, 6.07) is 13.8. The highest BCUT2D eigenvalue weighted by atomic mass is 32.2. The van der Waals surface area contributed by atoms with E-state index in [0.29, 0.717) is 18.7 Å². The third kappa shape index (κ3) is 4.22. The van der Waals surface area contributed by atoms with E-state index >= 15 is 0 Å². The van der Waals surface area contributed by atoms with Crippen LogP contribution >= 0.6 is 0 Å². The molecule has 0 saturated carbocycles. The molecule has 0 atom stereocenters. The fraction of sp³-hybridized carbons (Fsp3) is 0.391. The summed E-state index contributed by atoms with van der Waals surface area (Å²) in [7, 11) is -2.09. The summed E-state index contributed by atoms with van der Waals surface area (Å²) in [5, 5.41) is 0. The fourth-order valence-electron chi connectivity index (χ4n) is 3.81. The van der Waals surface area contributed by atoms with Crippen LogP contribution in [0.3, 0.4) is 0 Å². The maximum absolute atomic E-state index is 13.0. The van der Waals surface area contributed by atoms with Crippen LogP contribution in [0.2, 0.25) is 0 Å². The van der Waals surface area contributed by atoms with Crippen molar-refractivity contribution < 1.29 is 17.6 Å². The molecule has 1 saturated heterocycles. The molecule has 1 aromatic heterocycles. The van der Waals surface area contributed by atoms with E-state index in [1.807, 2.05) is 38.1 Å². The van der Waals surface area contributed by atoms with E-state index in [4.69, 9.17) is 4.42 Å². The minimum absolute atomic E-state index is 0.135. The molecule has 0 N–H and O–H groups in total. The first-order chi connectivity index (χ1) is 14.8. The number of nitrogens with zero attached hydrogens (tertiary/aromatic N) is 3. The summed E-state index contributed by atoms with van der Waals surface area (Å²) < 4.78 is 32.8. The molecule has 1 aliphatic rings. The Labute approximate surface area is 182 Å². The number of likely N-dealkylation sites (tertiary alicyclic amines) is 1. The van der Waals surface area contributed by atoms with Gasteiger partial charge in [0.1, 0.15) is 5.52 Å². The van der Waals surface area contributed by atoms with E-state index in [-0.39, 0.29) is 22.8 Å². The van der Waals surface area contributed by atoms with Crippen LogP contribution < -0.4 is 0 Å². The lowest BCUT2D eigenvalue weighted by Crippen LogP contribution is -2.38. The SMILES string of the molecule is CC(C)N(C)S(=O)(=O)c1cccc(C(=O)N2CCC(c3nc4ccccc4o3)CC2)c1. The Bertz CT molecular complexity index is 1160. The molecule has 1 aliphatic heterocycles. The summed E-state index contributed by atoms with van der Waals surface area (Å²) in [6.45, 7) is 4.78. The normalized spacial score (nSPS) is 15.8. The largest absolute Gasteiger partial charge is 0.440 e. The molecule has 2 aromatic carbocycles. The highest BCUT2D eigenvalue weighted by Crippen LogP contribution is 2.30. The Morgan fingerprint density at radius 2 is 1.84 bits per heavy atom. The Balaban J connectivity index is 1.46. The first-order valence-corrected chi connectivity index (χ1v) is 11.9. The monoisotopic (exact) mass is 441 g/mol. The van der Waals surface area contributed by atoms with Crippen LogP contribution in [0.15, 0.2) is 57.8 Å². The van der Waals surface area contributed by atoms with Crippen molar-refractivity contribution in [3.05, 3.63) is 60.0 Å². The number of hydrogen-bond acceptors (Lipinski definition) is 5. The number of carbonyl (C=O) groups is 1. The van der Waals surface area contributed by atoms with Crippen molar-refractivity contribution in [3.8, 4) is 0 Å². The van der Waals surface area contributed by atoms with Gasteiger partial charge < -0.3 is 9.32 Å². The topological polar surface area (TPSA) is 83.7 Å². The maximum Gasteiger partial charge on any atom is 0.253 e. The van der Waals surface area contributed by atoms with Gasteiger partial charge in [0.05, 0.1) is 4.90 Å². The quantitative estimate of drug-likeness (QED) is 0.600. The van der Waals surface area contributed by atoms with E-state index in [1.165, 1.54) is 16.4 Å². The number of fused-ring (bicyclic) bond motifs is 1. The van der Waals surface area contributed by atoms with Crippen molar-refractivity contribution in [1.82, 2.24) is 14.2 Å². The average Bonchev–Trinajstić information content (AvgIpc) is 3.22. The lowest BCUT2D eigenvalue weighted by Gasteiger charge is -2.30. The molecule has 0 radical (unpaired) electrons. The number of oxazole rings is 1. The first-order valence-electron chi connectivity index (χ1n) is 10.5. The van der Waals surface area contributed by atoms with Gasteiger partial charge in [-0.05, 0) is 57.0 Å². The second kappa shape index (κ2) is 8.43.